The molecule has 0 heteroatoms. The van der Waals surface area contributed by atoms with Gasteiger partial charge < -0.3 is 0 Å². The van der Waals surface area contributed by atoms with E-state index in [1.807, 2.05) is 6.07 Å². The molecule has 92 valence electrons. The second-order valence-corrected chi connectivity index (χ2v) is 4.88. The lowest BCUT2D eigenvalue weighted by Gasteiger charge is -2.23. The lowest BCUT2D eigenvalue weighted by Crippen LogP contribution is -2.08. The minimum atomic E-state index is 0.440. The van der Waals surface area contributed by atoms with Crippen LogP contribution in [-0.4, -0.2) is 0 Å². The first kappa shape index (κ1) is 12.6. The Kier molecular flexibility index (Phi) is 3.99. The Morgan fingerprint density at radius 2 is 1.33 bits per heavy atom. The van der Waals surface area contributed by atoms with Gasteiger partial charge in [-0.05, 0) is 28.5 Å². The van der Waals surface area contributed by atoms with Gasteiger partial charge in [-0.1, -0.05) is 81.1 Å². The molecular formula is C18H20. The van der Waals surface area contributed by atoms with Gasteiger partial charge in [-0.2, -0.15) is 0 Å². The summed E-state index contributed by atoms with van der Waals surface area (Å²) in [4.78, 5) is 0. The van der Waals surface area contributed by atoms with Crippen LogP contribution in [0.2, 0.25) is 0 Å². The Bertz CT molecular complexity index is 496. The molecule has 0 N–H and O–H groups in total. The van der Waals surface area contributed by atoms with Crippen LogP contribution in [0.5, 0.6) is 0 Å². The van der Waals surface area contributed by atoms with Gasteiger partial charge in [-0.25, -0.2) is 0 Å². The molecule has 2 aromatic carbocycles. The van der Waals surface area contributed by atoms with Gasteiger partial charge in [-0.15, -0.1) is 0 Å². The van der Waals surface area contributed by atoms with Gasteiger partial charge in [0.25, 0.3) is 0 Å². The summed E-state index contributed by atoms with van der Waals surface area (Å²) in [7, 11) is 0. The highest BCUT2D eigenvalue weighted by molar-refractivity contribution is 5.65. The van der Waals surface area contributed by atoms with Gasteiger partial charge in [0.15, 0.2) is 0 Å². The lowest BCUT2D eigenvalue weighted by atomic mass is 9.82. The van der Waals surface area contributed by atoms with E-state index in [1.54, 1.807) is 0 Å². The van der Waals surface area contributed by atoms with E-state index >= 15 is 0 Å². The van der Waals surface area contributed by atoms with Crippen molar-refractivity contribution < 1.29 is 0 Å². The summed E-state index contributed by atoms with van der Waals surface area (Å²) in [6.45, 7) is 8.80. The van der Waals surface area contributed by atoms with E-state index in [9.17, 15) is 0 Å². The van der Waals surface area contributed by atoms with E-state index < -0.39 is 0 Å². The first-order valence-electron chi connectivity index (χ1n) is 6.49. The number of benzene rings is 2. The third kappa shape index (κ3) is 2.70. The zero-order valence-electron chi connectivity index (χ0n) is 11.1. The Balaban J connectivity index is 2.17. The molecule has 0 nitrogen and oxygen atoms in total. The maximum atomic E-state index is 4.27. The predicted molar refractivity (Wildman–Crippen MR) is 79.5 cm³/mol. The van der Waals surface area contributed by atoms with Gasteiger partial charge in [0.05, 0.1) is 0 Å². The van der Waals surface area contributed by atoms with Crippen LogP contribution in [0.1, 0.15) is 30.9 Å². The summed E-state index contributed by atoms with van der Waals surface area (Å²) < 4.78 is 0. The molecule has 0 amide bonds. The summed E-state index contributed by atoms with van der Waals surface area (Å²) in [6, 6.07) is 21.1. The molecule has 0 aromatic heterocycles. The quantitative estimate of drug-likeness (QED) is 0.689. The Hall–Kier alpha value is -1.82. The summed E-state index contributed by atoms with van der Waals surface area (Å²) in [5.74, 6) is 0.925. The number of hydrogen-bond donors (Lipinski definition) is 0. The average molecular weight is 236 g/mol. The number of allylic oxidation sites excluding steroid dienone is 1. The van der Waals surface area contributed by atoms with Gasteiger partial charge in [0.2, 0.25) is 0 Å². The molecule has 0 heterocycles. The van der Waals surface area contributed by atoms with Crippen LogP contribution in [0, 0.1) is 5.92 Å². The van der Waals surface area contributed by atoms with Gasteiger partial charge in [-0.3, -0.25) is 0 Å². The zero-order chi connectivity index (χ0) is 13.0. The normalized spacial score (nSPS) is 13.9. The van der Waals surface area contributed by atoms with E-state index in [-0.39, 0.29) is 0 Å². The summed E-state index contributed by atoms with van der Waals surface area (Å²) in [5.41, 5.74) is 3.84. The minimum absolute atomic E-state index is 0.440. The van der Waals surface area contributed by atoms with E-state index in [2.05, 4.69) is 75.0 Å². The molecule has 18 heavy (non-hydrogen) atoms. The van der Waals surface area contributed by atoms with Crippen LogP contribution in [0.4, 0.5) is 0 Å². The fraction of sp³-hybridized carbons (Fsp3) is 0.222. The van der Waals surface area contributed by atoms with Crippen molar-refractivity contribution in [2.24, 2.45) is 5.92 Å². The van der Waals surface area contributed by atoms with Crippen LogP contribution in [0.25, 0.3) is 5.57 Å². The molecule has 0 aliphatic carbocycles. The molecule has 2 unspecified atom stereocenters. The van der Waals surface area contributed by atoms with Crippen molar-refractivity contribution in [3.8, 4) is 0 Å². The monoisotopic (exact) mass is 236 g/mol. The molecule has 0 saturated heterocycles. The third-order valence-electron chi connectivity index (χ3n) is 3.77. The van der Waals surface area contributed by atoms with Crippen LogP contribution in [0.15, 0.2) is 67.2 Å². The molecule has 2 atom stereocenters. The average Bonchev–Trinajstić information content (AvgIpc) is 2.47. The maximum absolute atomic E-state index is 4.27. The highest BCUT2D eigenvalue weighted by Crippen LogP contribution is 2.33. The van der Waals surface area contributed by atoms with Crippen LogP contribution < -0.4 is 0 Å². The van der Waals surface area contributed by atoms with Crippen molar-refractivity contribution in [3.05, 3.63) is 78.4 Å². The van der Waals surface area contributed by atoms with Crippen molar-refractivity contribution in [1.29, 1.82) is 0 Å². The minimum Gasteiger partial charge on any atom is -0.0949 e. The number of hydrogen-bond acceptors (Lipinski definition) is 0. The third-order valence-corrected chi connectivity index (χ3v) is 3.77. The first-order valence-corrected chi connectivity index (χ1v) is 6.49. The van der Waals surface area contributed by atoms with Crippen LogP contribution in [-0.2, 0) is 0 Å². The van der Waals surface area contributed by atoms with Crippen LogP contribution >= 0.6 is 0 Å². The molecule has 2 aromatic rings. The fourth-order valence-corrected chi connectivity index (χ4v) is 2.26. The summed E-state index contributed by atoms with van der Waals surface area (Å²) >= 11 is 0. The summed E-state index contributed by atoms with van der Waals surface area (Å²) in [5, 5.41) is 0. The zero-order valence-corrected chi connectivity index (χ0v) is 11.1. The van der Waals surface area contributed by atoms with E-state index in [4.69, 9.17) is 0 Å². The highest BCUT2D eigenvalue weighted by atomic mass is 14.2. The Morgan fingerprint density at radius 3 is 1.89 bits per heavy atom. The SMILES string of the molecule is C=C(c1ccccc1)C(C)C(C)c1ccccc1. The highest BCUT2D eigenvalue weighted by Gasteiger charge is 2.17. The van der Waals surface area contributed by atoms with Gasteiger partial charge in [0.1, 0.15) is 0 Å². The van der Waals surface area contributed by atoms with Crippen molar-refractivity contribution in [2.45, 2.75) is 19.8 Å². The standard InChI is InChI=1S/C18H20/c1-14(15(2)17-10-6-4-7-11-17)16(3)18-12-8-5-9-13-18/h4-14,16H,2H2,1,3H3. The lowest BCUT2D eigenvalue weighted by molar-refractivity contribution is 0.608. The topological polar surface area (TPSA) is 0 Å². The molecule has 0 bridgehead atoms. The molecule has 0 spiro atoms. The van der Waals surface area contributed by atoms with Crippen molar-refractivity contribution in [3.63, 3.8) is 0 Å². The molecule has 0 saturated carbocycles. The molecule has 0 fully saturated rings. The van der Waals surface area contributed by atoms with E-state index in [0.717, 1.165) is 0 Å². The van der Waals surface area contributed by atoms with Gasteiger partial charge in [0, 0.05) is 0 Å². The second kappa shape index (κ2) is 5.68. The van der Waals surface area contributed by atoms with E-state index in [0.29, 0.717) is 11.8 Å². The molecule has 0 aliphatic rings. The fourth-order valence-electron chi connectivity index (χ4n) is 2.26. The first-order chi connectivity index (χ1) is 8.70. The molecular weight excluding hydrogens is 216 g/mol. The maximum Gasteiger partial charge on any atom is -0.0124 e. The summed E-state index contributed by atoms with van der Waals surface area (Å²) in [6.07, 6.45) is 0. The molecule has 2 rings (SSSR count). The predicted octanol–water partition coefficient (Wildman–Crippen LogP) is 5.14. The molecule has 0 radical (unpaired) electrons. The van der Waals surface area contributed by atoms with Gasteiger partial charge >= 0.3 is 0 Å². The van der Waals surface area contributed by atoms with Crippen molar-refractivity contribution >= 4 is 5.57 Å². The smallest absolute Gasteiger partial charge is 0.0124 e. The van der Waals surface area contributed by atoms with Crippen molar-refractivity contribution in [1.82, 2.24) is 0 Å². The Morgan fingerprint density at radius 1 is 0.833 bits per heavy atom. The second-order valence-electron chi connectivity index (χ2n) is 4.88. The number of rotatable bonds is 4. The van der Waals surface area contributed by atoms with E-state index in [1.165, 1.54) is 16.7 Å². The Labute approximate surface area is 110 Å². The van der Waals surface area contributed by atoms with Crippen molar-refractivity contribution in [2.75, 3.05) is 0 Å². The van der Waals surface area contributed by atoms with Crippen LogP contribution in [0.3, 0.4) is 0 Å². The molecule has 0 aliphatic heterocycles. The largest absolute Gasteiger partial charge is 0.0949 e.